The van der Waals surface area contributed by atoms with E-state index in [0.717, 1.165) is 11.4 Å². The van der Waals surface area contributed by atoms with Crippen molar-refractivity contribution in [3.8, 4) is 17.2 Å². The molecule has 5 heteroatoms. The van der Waals surface area contributed by atoms with Crippen molar-refractivity contribution in [1.82, 2.24) is 0 Å². The predicted octanol–water partition coefficient (Wildman–Crippen LogP) is 3.85. The van der Waals surface area contributed by atoms with Crippen LogP contribution in [-0.2, 0) is 0 Å². The molecule has 4 nitrogen and oxygen atoms in total. The van der Waals surface area contributed by atoms with E-state index in [9.17, 15) is 0 Å². The topological polar surface area (TPSA) is 39.7 Å². The molecule has 2 rings (SSSR count). The van der Waals surface area contributed by atoms with Gasteiger partial charge < -0.3 is 19.5 Å². The highest BCUT2D eigenvalue weighted by molar-refractivity contribution is 6.32. The summed E-state index contributed by atoms with van der Waals surface area (Å²) < 4.78 is 16.1. The van der Waals surface area contributed by atoms with Crippen molar-refractivity contribution < 1.29 is 14.2 Å². The highest BCUT2D eigenvalue weighted by atomic mass is 35.5. The van der Waals surface area contributed by atoms with E-state index in [2.05, 4.69) is 5.32 Å². The predicted molar refractivity (Wildman–Crippen MR) is 85.0 cm³/mol. The van der Waals surface area contributed by atoms with Crippen LogP contribution in [0.2, 0.25) is 5.02 Å². The summed E-state index contributed by atoms with van der Waals surface area (Å²) >= 11 is 6.12. The van der Waals surface area contributed by atoms with Gasteiger partial charge in [0.25, 0.3) is 0 Å². The molecule has 0 atom stereocenters. The van der Waals surface area contributed by atoms with Crippen molar-refractivity contribution in [2.75, 3.05) is 32.7 Å². The molecule has 2 aromatic rings. The lowest BCUT2D eigenvalue weighted by Gasteiger charge is -2.14. The minimum atomic E-state index is 0.532. The number of hydrogen-bond donors (Lipinski definition) is 1. The number of anilines is 1. The fourth-order valence-electron chi connectivity index (χ4n) is 1.87. The van der Waals surface area contributed by atoms with Gasteiger partial charge in [0.1, 0.15) is 23.9 Å². The molecule has 21 heavy (non-hydrogen) atoms. The van der Waals surface area contributed by atoms with Crippen molar-refractivity contribution in [2.24, 2.45) is 0 Å². The largest absolute Gasteiger partial charge is 0.495 e. The smallest absolute Gasteiger partial charge is 0.145 e. The molecule has 0 aliphatic heterocycles. The average Bonchev–Trinajstić information content (AvgIpc) is 2.52. The summed E-state index contributed by atoms with van der Waals surface area (Å²) in [5, 5.41) is 3.77. The summed E-state index contributed by atoms with van der Waals surface area (Å²) in [7, 11) is 3.18. The maximum absolute atomic E-state index is 6.12. The molecule has 2 aromatic carbocycles. The van der Waals surface area contributed by atoms with Gasteiger partial charge in [0.15, 0.2) is 0 Å². The Bertz CT molecular complexity index is 575. The number of rotatable bonds is 7. The van der Waals surface area contributed by atoms with Crippen LogP contribution in [-0.4, -0.2) is 27.4 Å². The zero-order valence-electron chi connectivity index (χ0n) is 12.1. The maximum atomic E-state index is 6.12. The zero-order valence-corrected chi connectivity index (χ0v) is 12.8. The molecule has 0 saturated heterocycles. The first-order valence-electron chi connectivity index (χ1n) is 6.58. The van der Waals surface area contributed by atoms with Crippen LogP contribution in [0.5, 0.6) is 17.2 Å². The van der Waals surface area contributed by atoms with Crippen LogP contribution in [0.25, 0.3) is 0 Å². The number of benzene rings is 2. The average molecular weight is 308 g/mol. The van der Waals surface area contributed by atoms with Crippen molar-refractivity contribution in [1.29, 1.82) is 0 Å². The van der Waals surface area contributed by atoms with Crippen LogP contribution in [0, 0.1) is 0 Å². The summed E-state index contributed by atoms with van der Waals surface area (Å²) in [5.41, 5.74) is 0.806. The maximum Gasteiger partial charge on any atom is 0.145 e. The number of para-hydroxylation sites is 1. The quantitative estimate of drug-likeness (QED) is 0.789. The first-order valence-corrected chi connectivity index (χ1v) is 6.95. The second kappa shape index (κ2) is 7.64. The van der Waals surface area contributed by atoms with E-state index in [1.54, 1.807) is 26.4 Å². The van der Waals surface area contributed by atoms with Gasteiger partial charge in [-0.05, 0) is 18.2 Å². The lowest BCUT2D eigenvalue weighted by atomic mass is 10.2. The standard InChI is InChI=1S/C16H18ClNO3/c1-19-15-11-16(20-2)14(10-13(15)17)18-8-9-21-12-6-4-3-5-7-12/h3-7,10-11,18H,8-9H2,1-2H3. The number of halogens is 1. The third-order valence-corrected chi connectivity index (χ3v) is 3.20. The van der Waals surface area contributed by atoms with E-state index in [-0.39, 0.29) is 0 Å². The molecule has 0 spiro atoms. The van der Waals surface area contributed by atoms with E-state index >= 15 is 0 Å². The Morgan fingerprint density at radius 3 is 2.38 bits per heavy atom. The molecule has 0 aromatic heterocycles. The molecule has 0 saturated carbocycles. The Morgan fingerprint density at radius 2 is 1.71 bits per heavy atom. The second-order valence-corrected chi connectivity index (χ2v) is 4.68. The number of methoxy groups -OCH3 is 2. The SMILES string of the molecule is COc1cc(OC)c(NCCOc2ccccc2)cc1Cl. The molecule has 0 radical (unpaired) electrons. The van der Waals surface area contributed by atoms with Gasteiger partial charge in [0.05, 0.1) is 24.9 Å². The minimum Gasteiger partial charge on any atom is -0.495 e. The van der Waals surface area contributed by atoms with E-state index in [0.29, 0.717) is 29.7 Å². The highest BCUT2D eigenvalue weighted by Gasteiger charge is 2.09. The number of nitrogens with one attached hydrogen (secondary N) is 1. The third kappa shape index (κ3) is 4.20. The summed E-state index contributed by atoms with van der Waals surface area (Å²) in [6.07, 6.45) is 0. The van der Waals surface area contributed by atoms with Crippen molar-refractivity contribution in [2.45, 2.75) is 0 Å². The Morgan fingerprint density at radius 1 is 1.00 bits per heavy atom. The normalized spacial score (nSPS) is 10.0. The van der Waals surface area contributed by atoms with Crippen molar-refractivity contribution in [3.05, 3.63) is 47.5 Å². The van der Waals surface area contributed by atoms with Gasteiger partial charge in [0.2, 0.25) is 0 Å². The van der Waals surface area contributed by atoms with Crippen LogP contribution in [0.4, 0.5) is 5.69 Å². The van der Waals surface area contributed by atoms with Crippen LogP contribution in [0.3, 0.4) is 0 Å². The monoisotopic (exact) mass is 307 g/mol. The van der Waals surface area contributed by atoms with Gasteiger partial charge in [-0.2, -0.15) is 0 Å². The number of hydrogen-bond acceptors (Lipinski definition) is 4. The van der Waals surface area contributed by atoms with E-state index in [4.69, 9.17) is 25.8 Å². The summed E-state index contributed by atoms with van der Waals surface area (Å²) in [5.74, 6) is 2.11. The van der Waals surface area contributed by atoms with E-state index < -0.39 is 0 Å². The molecule has 0 unspecified atom stereocenters. The molecule has 0 amide bonds. The third-order valence-electron chi connectivity index (χ3n) is 2.90. The molecule has 0 aliphatic rings. The Labute approximate surface area is 129 Å². The Kier molecular flexibility index (Phi) is 5.58. The summed E-state index contributed by atoms with van der Waals surface area (Å²) in [4.78, 5) is 0. The molecule has 112 valence electrons. The first-order chi connectivity index (χ1) is 10.2. The molecule has 0 fully saturated rings. The van der Waals surface area contributed by atoms with Gasteiger partial charge in [-0.25, -0.2) is 0 Å². The van der Waals surface area contributed by atoms with Gasteiger partial charge in [-0.15, -0.1) is 0 Å². The van der Waals surface area contributed by atoms with E-state index in [1.807, 2.05) is 30.3 Å². The van der Waals surface area contributed by atoms with Gasteiger partial charge in [-0.3, -0.25) is 0 Å². The van der Waals surface area contributed by atoms with Gasteiger partial charge in [0, 0.05) is 12.6 Å². The Balaban J connectivity index is 1.92. The molecule has 0 aliphatic carbocycles. The fourth-order valence-corrected chi connectivity index (χ4v) is 2.11. The molecule has 0 bridgehead atoms. The van der Waals surface area contributed by atoms with Crippen molar-refractivity contribution >= 4 is 17.3 Å². The summed E-state index contributed by atoms with van der Waals surface area (Å²) in [6.45, 7) is 1.17. The number of ether oxygens (including phenoxy) is 3. The molecular formula is C16H18ClNO3. The lowest BCUT2D eigenvalue weighted by Crippen LogP contribution is -2.12. The van der Waals surface area contributed by atoms with Gasteiger partial charge >= 0.3 is 0 Å². The Hall–Kier alpha value is -2.07. The zero-order chi connectivity index (χ0) is 15.1. The van der Waals surface area contributed by atoms with Gasteiger partial charge in [-0.1, -0.05) is 29.8 Å². The lowest BCUT2D eigenvalue weighted by molar-refractivity contribution is 0.332. The second-order valence-electron chi connectivity index (χ2n) is 4.28. The minimum absolute atomic E-state index is 0.532. The molecule has 0 heterocycles. The molecular weight excluding hydrogens is 290 g/mol. The fraction of sp³-hybridized carbons (Fsp3) is 0.250. The highest BCUT2D eigenvalue weighted by Crippen LogP contribution is 2.35. The van der Waals surface area contributed by atoms with Crippen LogP contribution in [0.1, 0.15) is 0 Å². The van der Waals surface area contributed by atoms with Crippen LogP contribution >= 0.6 is 11.6 Å². The van der Waals surface area contributed by atoms with Crippen molar-refractivity contribution in [3.63, 3.8) is 0 Å². The first kappa shape index (κ1) is 15.3. The molecule has 1 N–H and O–H groups in total. The van der Waals surface area contributed by atoms with Crippen LogP contribution < -0.4 is 19.5 Å². The summed E-state index contributed by atoms with van der Waals surface area (Å²) in [6, 6.07) is 13.2. The van der Waals surface area contributed by atoms with E-state index in [1.165, 1.54) is 0 Å². The van der Waals surface area contributed by atoms with Crippen LogP contribution in [0.15, 0.2) is 42.5 Å².